The molecule has 2 aromatic rings. The van der Waals surface area contributed by atoms with Gasteiger partial charge in [-0.3, -0.25) is 9.69 Å². The summed E-state index contributed by atoms with van der Waals surface area (Å²) in [4.78, 5) is 14.2. The van der Waals surface area contributed by atoms with Gasteiger partial charge in [-0.2, -0.15) is 0 Å². The second kappa shape index (κ2) is 8.04. The first-order valence-corrected chi connectivity index (χ1v) is 8.15. The van der Waals surface area contributed by atoms with E-state index in [2.05, 4.69) is 10.2 Å². The van der Waals surface area contributed by atoms with Crippen molar-refractivity contribution in [2.24, 2.45) is 0 Å². The van der Waals surface area contributed by atoms with E-state index >= 15 is 0 Å². The fraction of sp³-hybridized carbons (Fsp3) is 0.316. The van der Waals surface area contributed by atoms with Gasteiger partial charge in [-0.05, 0) is 29.8 Å². The number of carbonyl (C=O) groups is 1. The van der Waals surface area contributed by atoms with Gasteiger partial charge in [0.15, 0.2) is 0 Å². The number of amides is 1. The Hall–Kier alpha value is -2.24. The molecule has 1 atom stereocenters. The molecule has 1 aliphatic heterocycles. The summed E-state index contributed by atoms with van der Waals surface area (Å²) in [5.74, 6) is -0.241. The van der Waals surface area contributed by atoms with Crippen LogP contribution in [0.25, 0.3) is 0 Å². The van der Waals surface area contributed by atoms with Crippen LogP contribution in [0.2, 0.25) is 0 Å². The van der Waals surface area contributed by atoms with Crippen LogP contribution < -0.4 is 5.32 Å². The van der Waals surface area contributed by atoms with Crippen molar-refractivity contribution in [2.45, 2.75) is 12.5 Å². The third kappa shape index (κ3) is 4.63. The van der Waals surface area contributed by atoms with Crippen LogP contribution in [0.5, 0.6) is 0 Å². The van der Waals surface area contributed by atoms with Gasteiger partial charge in [0.1, 0.15) is 5.82 Å². The van der Waals surface area contributed by atoms with Crippen molar-refractivity contribution in [2.75, 3.05) is 31.6 Å². The van der Waals surface area contributed by atoms with Crippen LogP contribution in [0.1, 0.15) is 18.1 Å². The minimum atomic E-state index is -0.246. The van der Waals surface area contributed by atoms with Crippen LogP contribution in [0.15, 0.2) is 54.6 Å². The Morgan fingerprint density at radius 3 is 2.67 bits per heavy atom. The minimum absolute atomic E-state index is 0.00558. The molecule has 1 amide bonds. The molecule has 0 unspecified atom stereocenters. The molecular weight excluding hydrogens is 307 g/mol. The van der Waals surface area contributed by atoms with E-state index < -0.39 is 0 Å². The molecule has 1 aliphatic rings. The molecule has 0 aliphatic carbocycles. The maximum atomic E-state index is 13.0. The molecule has 4 nitrogen and oxygen atoms in total. The third-order valence-electron chi connectivity index (χ3n) is 4.11. The maximum absolute atomic E-state index is 13.0. The molecule has 0 saturated carbocycles. The summed E-state index contributed by atoms with van der Waals surface area (Å²) in [7, 11) is 0. The molecule has 5 heteroatoms. The molecule has 0 radical (unpaired) electrons. The topological polar surface area (TPSA) is 41.6 Å². The van der Waals surface area contributed by atoms with Crippen LogP contribution in [0.3, 0.4) is 0 Å². The predicted octanol–water partition coefficient (Wildman–Crippen LogP) is 3.23. The predicted molar refractivity (Wildman–Crippen MR) is 91.2 cm³/mol. The largest absolute Gasteiger partial charge is 0.371 e. The smallest absolute Gasteiger partial charge is 0.225 e. The van der Waals surface area contributed by atoms with Crippen molar-refractivity contribution in [3.63, 3.8) is 0 Å². The highest BCUT2D eigenvalue weighted by Crippen LogP contribution is 2.22. The van der Waals surface area contributed by atoms with Crippen LogP contribution >= 0.6 is 0 Å². The molecule has 0 bridgehead atoms. The first kappa shape index (κ1) is 16.6. The number of halogens is 1. The lowest BCUT2D eigenvalue weighted by molar-refractivity contribution is -0.117. The number of nitrogens with one attached hydrogen (secondary N) is 1. The summed E-state index contributed by atoms with van der Waals surface area (Å²) < 4.78 is 18.8. The number of hydrogen-bond acceptors (Lipinski definition) is 3. The van der Waals surface area contributed by atoms with Gasteiger partial charge >= 0.3 is 0 Å². The lowest BCUT2D eigenvalue weighted by Crippen LogP contribution is -2.39. The molecule has 126 valence electrons. The van der Waals surface area contributed by atoms with Gasteiger partial charge in [-0.25, -0.2) is 4.39 Å². The molecule has 1 heterocycles. The van der Waals surface area contributed by atoms with Crippen molar-refractivity contribution in [3.8, 4) is 0 Å². The summed E-state index contributed by atoms with van der Waals surface area (Å²) in [5.41, 5.74) is 1.78. The summed E-state index contributed by atoms with van der Waals surface area (Å²) >= 11 is 0. The Balaban J connectivity index is 1.48. The third-order valence-corrected chi connectivity index (χ3v) is 4.11. The lowest BCUT2D eigenvalue weighted by atomic mass is 10.1. The average molecular weight is 328 g/mol. The number of ether oxygens (including phenoxy) is 1. The van der Waals surface area contributed by atoms with Crippen LogP contribution in [0.4, 0.5) is 10.1 Å². The molecule has 3 rings (SSSR count). The molecular formula is C19H21FN2O2. The number of para-hydroxylation sites is 1. The zero-order valence-corrected chi connectivity index (χ0v) is 13.5. The highest BCUT2D eigenvalue weighted by molar-refractivity contribution is 5.90. The number of hydrogen-bond donors (Lipinski definition) is 1. The van der Waals surface area contributed by atoms with E-state index in [0.717, 1.165) is 17.8 Å². The van der Waals surface area contributed by atoms with Crippen molar-refractivity contribution in [1.29, 1.82) is 0 Å². The maximum Gasteiger partial charge on any atom is 0.225 e. The number of morpholine rings is 1. The quantitative estimate of drug-likeness (QED) is 0.916. The van der Waals surface area contributed by atoms with Crippen molar-refractivity contribution in [3.05, 3.63) is 66.0 Å². The summed E-state index contributed by atoms with van der Waals surface area (Å²) in [6.45, 7) is 2.81. The molecule has 0 spiro atoms. The van der Waals surface area contributed by atoms with Gasteiger partial charge < -0.3 is 10.1 Å². The zero-order valence-electron chi connectivity index (χ0n) is 13.5. The monoisotopic (exact) mass is 328 g/mol. The Morgan fingerprint density at radius 2 is 1.92 bits per heavy atom. The Morgan fingerprint density at radius 1 is 1.17 bits per heavy atom. The first-order chi connectivity index (χ1) is 11.7. The molecule has 1 saturated heterocycles. The standard InChI is InChI=1S/C19H21FN2O2/c20-16-8-6-15(7-9-16)18-14-22(12-13-24-18)11-10-19(23)21-17-4-2-1-3-5-17/h1-9,18H,10-14H2,(H,21,23)/t18-/m1/s1. The van der Waals surface area contributed by atoms with E-state index in [1.165, 1.54) is 12.1 Å². The fourth-order valence-corrected chi connectivity index (χ4v) is 2.79. The van der Waals surface area contributed by atoms with Crippen LogP contribution in [-0.2, 0) is 9.53 Å². The molecule has 1 fully saturated rings. The van der Waals surface area contributed by atoms with Crippen LogP contribution in [-0.4, -0.2) is 37.0 Å². The number of benzene rings is 2. The Kier molecular flexibility index (Phi) is 5.56. The van der Waals surface area contributed by atoms with E-state index in [4.69, 9.17) is 4.74 Å². The number of rotatable bonds is 5. The Labute approximate surface area is 141 Å². The lowest BCUT2D eigenvalue weighted by Gasteiger charge is -2.33. The minimum Gasteiger partial charge on any atom is -0.371 e. The molecule has 1 N–H and O–H groups in total. The summed E-state index contributed by atoms with van der Waals surface area (Å²) in [5, 5.41) is 2.89. The van der Waals surface area contributed by atoms with E-state index in [1.54, 1.807) is 12.1 Å². The van der Waals surface area contributed by atoms with Gasteiger partial charge in [0, 0.05) is 31.7 Å². The normalized spacial score (nSPS) is 18.3. The highest BCUT2D eigenvalue weighted by Gasteiger charge is 2.22. The first-order valence-electron chi connectivity index (χ1n) is 8.15. The zero-order chi connectivity index (χ0) is 16.8. The van der Waals surface area contributed by atoms with E-state index in [9.17, 15) is 9.18 Å². The van der Waals surface area contributed by atoms with Crippen LogP contribution in [0, 0.1) is 5.82 Å². The molecule has 0 aromatic heterocycles. The van der Waals surface area contributed by atoms with E-state index in [0.29, 0.717) is 26.1 Å². The Bertz CT molecular complexity index is 661. The van der Waals surface area contributed by atoms with Crippen molar-refractivity contribution >= 4 is 11.6 Å². The highest BCUT2D eigenvalue weighted by atomic mass is 19.1. The van der Waals surface area contributed by atoms with Crippen molar-refractivity contribution < 1.29 is 13.9 Å². The average Bonchev–Trinajstić information content (AvgIpc) is 2.62. The van der Waals surface area contributed by atoms with Gasteiger partial charge in [-0.1, -0.05) is 30.3 Å². The van der Waals surface area contributed by atoms with Crippen molar-refractivity contribution in [1.82, 2.24) is 4.90 Å². The SMILES string of the molecule is O=C(CCN1CCO[C@@H](c2ccc(F)cc2)C1)Nc1ccccc1. The van der Waals surface area contributed by atoms with Gasteiger partial charge in [0.05, 0.1) is 12.7 Å². The molecule has 2 aromatic carbocycles. The number of nitrogens with zero attached hydrogens (tertiary/aromatic N) is 1. The molecule has 24 heavy (non-hydrogen) atoms. The number of carbonyl (C=O) groups excluding carboxylic acids is 1. The second-order valence-corrected chi connectivity index (χ2v) is 5.88. The second-order valence-electron chi connectivity index (χ2n) is 5.88. The van der Waals surface area contributed by atoms with E-state index in [1.807, 2.05) is 30.3 Å². The summed E-state index contributed by atoms with van der Waals surface area (Å²) in [6, 6.07) is 15.9. The summed E-state index contributed by atoms with van der Waals surface area (Å²) in [6.07, 6.45) is 0.363. The number of anilines is 1. The van der Waals surface area contributed by atoms with Gasteiger partial charge in [-0.15, -0.1) is 0 Å². The van der Waals surface area contributed by atoms with Gasteiger partial charge in [0.25, 0.3) is 0 Å². The van der Waals surface area contributed by atoms with E-state index in [-0.39, 0.29) is 17.8 Å². The fourth-order valence-electron chi connectivity index (χ4n) is 2.79. The van der Waals surface area contributed by atoms with Gasteiger partial charge in [0.2, 0.25) is 5.91 Å².